The van der Waals surface area contributed by atoms with E-state index in [-0.39, 0.29) is 0 Å². The molecule has 0 heterocycles. The Kier molecular flexibility index (Phi) is 7.76. The highest BCUT2D eigenvalue weighted by Crippen LogP contribution is 2.24. The molecule has 2 aromatic rings. The molecule has 0 aromatic heterocycles. The second-order valence-corrected chi connectivity index (χ2v) is 13.2. The summed E-state index contributed by atoms with van der Waals surface area (Å²) in [5, 5.41) is 4.12. The predicted molar refractivity (Wildman–Crippen MR) is 125 cm³/mol. The van der Waals surface area contributed by atoms with Crippen molar-refractivity contribution < 1.29 is 19.1 Å². The quantitative estimate of drug-likeness (QED) is 0.374. The molecule has 0 saturated heterocycles. The van der Waals surface area contributed by atoms with Gasteiger partial charge in [-0.2, -0.15) is 0 Å². The van der Waals surface area contributed by atoms with E-state index in [0.717, 1.165) is 17.2 Å². The lowest BCUT2D eigenvalue weighted by Gasteiger charge is -2.27. The van der Waals surface area contributed by atoms with Gasteiger partial charge in [-0.05, 0) is 36.0 Å². The van der Waals surface area contributed by atoms with Crippen LogP contribution in [0.15, 0.2) is 60.8 Å². The molecular weight excluding hydrogens is 410 g/mol. The fourth-order valence-electron chi connectivity index (χ4n) is 3.05. The van der Waals surface area contributed by atoms with Gasteiger partial charge in [-0.15, -0.1) is 0 Å². The molecule has 31 heavy (non-hydrogen) atoms. The number of hydrogen-bond donors (Lipinski definition) is 2. The molecule has 8 heteroatoms. The zero-order valence-corrected chi connectivity index (χ0v) is 19.5. The number of ketones is 1. The van der Waals surface area contributed by atoms with Crippen LogP contribution in [-0.2, 0) is 14.4 Å². The molecule has 2 aromatic carbocycles. The van der Waals surface area contributed by atoms with Crippen LogP contribution in [0.4, 0.5) is 5.69 Å². The molecule has 0 saturated carbocycles. The van der Waals surface area contributed by atoms with Crippen molar-refractivity contribution in [2.24, 2.45) is 5.73 Å². The van der Waals surface area contributed by atoms with E-state index in [1.165, 1.54) is 19.3 Å². The van der Waals surface area contributed by atoms with Gasteiger partial charge in [-0.1, -0.05) is 49.1 Å². The Morgan fingerprint density at radius 1 is 1.03 bits per heavy atom. The zero-order chi connectivity index (χ0) is 23.2. The summed E-state index contributed by atoms with van der Waals surface area (Å²) < 4.78 is 5.17. The summed E-state index contributed by atoms with van der Waals surface area (Å²) in [5.74, 6) is -1.48. The summed E-state index contributed by atoms with van der Waals surface area (Å²) in [6.07, 6.45) is 1.97. The molecule has 0 bridgehead atoms. The van der Waals surface area contributed by atoms with Gasteiger partial charge in [0.15, 0.2) is 0 Å². The van der Waals surface area contributed by atoms with Crippen molar-refractivity contribution in [1.29, 1.82) is 0 Å². The standard InChI is InChI=1S/C23H29N3O4Si/c1-26(23(29)20(27)14-15-24)21(16-6-10-18(30-2)11-7-16)22(28)25-17-8-12-19(13-9-17)31(3,4)5/h6-15,21H,24H2,1-5H3,(H,25,28). The number of benzene rings is 2. The second-order valence-electron chi connectivity index (χ2n) is 8.13. The average molecular weight is 440 g/mol. The molecule has 164 valence electrons. The molecule has 0 aliphatic rings. The van der Waals surface area contributed by atoms with Crippen molar-refractivity contribution in [3.8, 4) is 5.75 Å². The van der Waals surface area contributed by atoms with Crippen molar-refractivity contribution >= 4 is 36.5 Å². The van der Waals surface area contributed by atoms with Crippen LogP contribution in [0.1, 0.15) is 11.6 Å². The largest absolute Gasteiger partial charge is 0.497 e. The van der Waals surface area contributed by atoms with Gasteiger partial charge in [0.2, 0.25) is 5.78 Å². The third-order valence-corrected chi connectivity index (χ3v) is 6.93. The number of amides is 2. The van der Waals surface area contributed by atoms with E-state index in [1.54, 1.807) is 24.3 Å². The second kappa shape index (κ2) is 10.1. The molecule has 0 aliphatic carbocycles. The first-order valence-corrected chi connectivity index (χ1v) is 13.3. The Labute approximate surface area is 183 Å². The highest BCUT2D eigenvalue weighted by Gasteiger charge is 2.31. The first-order chi connectivity index (χ1) is 14.6. The smallest absolute Gasteiger partial charge is 0.295 e. The first-order valence-electron chi connectivity index (χ1n) is 9.83. The number of nitrogens with one attached hydrogen (secondary N) is 1. The maximum absolute atomic E-state index is 13.2. The third kappa shape index (κ3) is 6.05. The van der Waals surface area contributed by atoms with Gasteiger partial charge in [0.25, 0.3) is 11.8 Å². The molecule has 1 atom stereocenters. The normalized spacial score (nSPS) is 12.3. The summed E-state index contributed by atoms with van der Waals surface area (Å²) in [4.78, 5) is 38.9. The molecule has 0 fully saturated rings. The Morgan fingerprint density at radius 2 is 1.61 bits per heavy atom. The van der Waals surface area contributed by atoms with Crippen molar-refractivity contribution in [3.05, 3.63) is 66.4 Å². The molecule has 0 spiro atoms. The van der Waals surface area contributed by atoms with E-state index in [9.17, 15) is 14.4 Å². The number of anilines is 1. The van der Waals surface area contributed by atoms with E-state index >= 15 is 0 Å². The number of rotatable bonds is 8. The molecule has 3 N–H and O–H groups in total. The van der Waals surface area contributed by atoms with E-state index in [1.807, 2.05) is 24.3 Å². The summed E-state index contributed by atoms with van der Waals surface area (Å²) in [6.45, 7) is 6.73. The van der Waals surface area contributed by atoms with Crippen molar-refractivity contribution in [1.82, 2.24) is 4.90 Å². The van der Waals surface area contributed by atoms with E-state index in [4.69, 9.17) is 10.5 Å². The van der Waals surface area contributed by atoms with Gasteiger partial charge in [0, 0.05) is 18.8 Å². The van der Waals surface area contributed by atoms with Crippen molar-refractivity contribution in [2.75, 3.05) is 19.5 Å². The Hall–Kier alpha value is -3.39. The number of methoxy groups -OCH3 is 1. The monoisotopic (exact) mass is 439 g/mol. The highest BCUT2D eigenvalue weighted by molar-refractivity contribution is 6.88. The van der Waals surface area contributed by atoms with Gasteiger partial charge < -0.3 is 20.7 Å². The molecule has 7 nitrogen and oxygen atoms in total. The lowest BCUT2D eigenvalue weighted by atomic mass is 10.0. The molecule has 2 amide bonds. The Bertz CT molecular complexity index is 964. The van der Waals surface area contributed by atoms with Crippen LogP contribution in [0, 0.1) is 0 Å². The van der Waals surface area contributed by atoms with Crippen LogP contribution in [0.5, 0.6) is 5.75 Å². The number of likely N-dealkylation sites (N-methyl/N-ethyl adjacent to an activating group) is 1. The lowest BCUT2D eigenvalue weighted by Crippen LogP contribution is -2.41. The van der Waals surface area contributed by atoms with Crippen LogP contribution >= 0.6 is 0 Å². The highest BCUT2D eigenvalue weighted by atomic mass is 28.3. The summed E-state index contributed by atoms with van der Waals surface area (Å²) in [7, 11) is 1.48. The number of nitrogens with two attached hydrogens (primary N) is 1. The maximum Gasteiger partial charge on any atom is 0.295 e. The van der Waals surface area contributed by atoms with Crippen molar-refractivity contribution in [3.63, 3.8) is 0 Å². The fourth-order valence-corrected chi connectivity index (χ4v) is 4.22. The molecule has 1 unspecified atom stereocenters. The summed E-state index contributed by atoms with van der Waals surface area (Å²) in [5.41, 5.74) is 6.38. The SMILES string of the molecule is COc1ccc(C(C(=O)Nc2ccc([Si](C)(C)C)cc2)N(C)C(=O)C(=O)C=CN)cc1. The van der Waals surface area contributed by atoms with Gasteiger partial charge in [-0.3, -0.25) is 14.4 Å². The minimum absolute atomic E-state index is 0.439. The topological polar surface area (TPSA) is 102 Å². The van der Waals surface area contributed by atoms with E-state index < -0.39 is 31.7 Å². The van der Waals surface area contributed by atoms with Crippen LogP contribution in [0.2, 0.25) is 19.6 Å². The fraction of sp³-hybridized carbons (Fsp3) is 0.261. The van der Waals surface area contributed by atoms with Gasteiger partial charge >= 0.3 is 0 Å². The van der Waals surface area contributed by atoms with Crippen LogP contribution in [-0.4, -0.2) is 44.7 Å². The van der Waals surface area contributed by atoms with E-state index in [0.29, 0.717) is 17.0 Å². The first kappa shape index (κ1) is 23.9. The Balaban J connectivity index is 2.35. The maximum atomic E-state index is 13.2. The number of carbonyl (C=O) groups excluding carboxylic acids is 3. The van der Waals surface area contributed by atoms with Crippen LogP contribution in [0.25, 0.3) is 0 Å². The van der Waals surface area contributed by atoms with Crippen LogP contribution in [0.3, 0.4) is 0 Å². The minimum Gasteiger partial charge on any atom is -0.497 e. The lowest BCUT2D eigenvalue weighted by molar-refractivity contribution is -0.145. The number of hydrogen-bond acceptors (Lipinski definition) is 5. The molecular formula is C23H29N3O4Si. The van der Waals surface area contributed by atoms with Gasteiger partial charge in [0.1, 0.15) is 11.8 Å². The number of carbonyl (C=O) groups is 3. The molecule has 2 rings (SSSR count). The average Bonchev–Trinajstić information content (AvgIpc) is 2.73. The molecule has 0 radical (unpaired) electrons. The number of ether oxygens (including phenoxy) is 1. The summed E-state index contributed by atoms with van der Waals surface area (Å²) in [6, 6.07) is 13.4. The Morgan fingerprint density at radius 3 is 2.10 bits per heavy atom. The summed E-state index contributed by atoms with van der Waals surface area (Å²) >= 11 is 0. The molecule has 0 aliphatic heterocycles. The van der Waals surface area contributed by atoms with Crippen molar-refractivity contribution in [2.45, 2.75) is 25.7 Å². The van der Waals surface area contributed by atoms with Crippen LogP contribution < -0.4 is 21.0 Å². The van der Waals surface area contributed by atoms with Gasteiger partial charge in [-0.25, -0.2) is 0 Å². The van der Waals surface area contributed by atoms with E-state index in [2.05, 4.69) is 25.0 Å². The zero-order valence-electron chi connectivity index (χ0n) is 18.5. The van der Waals surface area contributed by atoms with Gasteiger partial charge in [0.05, 0.1) is 15.2 Å². The number of nitrogens with zero attached hydrogens (tertiary/aromatic N) is 1. The predicted octanol–water partition coefficient (Wildman–Crippen LogP) is 2.42. The minimum atomic E-state index is -1.46. The third-order valence-electron chi connectivity index (χ3n) is 4.86.